The molecule has 4 aromatic rings. The Balaban J connectivity index is 1.63. The van der Waals surface area contributed by atoms with E-state index in [1.807, 2.05) is 36.4 Å². The molecule has 1 aromatic heterocycles. The molecule has 128 valence electrons. The van der Waals surface area contributed by atoms with Crippen LogP contribution in [0, 0.1) is 0 Å². The maximum absolute atomic E-state index is 12.5. The smallest absolute Gasteiger partial charge is 0.255 e. The molecule has 0 saturated heterocycles. The molecule has 0 aliphatic carbocycles. The second-order valence-corrected chi connectivity index (χ2v) is 6.03. The maximum Gasteiger partial charge on any atom is 0.255 e. The molecule has 26 heavy (non-hydrogen) atoms. The quantitative estimate of drug-likeness (QED) is 0.561. The second-order valence-electron chi connectivity index (χ2n) is 6.03. The van der Waals surface area contributed by atoms with E-state index < -0.39 is 0 Å². The van der Waals surface area contributed by atoms with Crippen LogP contribution in [-0.2, 0) is 4.79 Å². The Hall–Kier alpha value is -3.60. The third-order valence-corrected chi connectivity index (χ3v) is 4.08. The van der Waals surface area contributed by atoms with Gasteiger partial charge in [0.2, 0.25) is 5.91 Å². The van der Waals surface area contributed by atoms with Gasteiger partial charge in [0.15, 0.2) is 0 Å². The van der Waals surface area contributed by atoms with Crippen molar-refractivity contribution >= 4 is 45.1 Å². The van der Waals surface area contributed by atoms with Crippen LogP contribution in [0.1, 0.15) is 17.3 Å². The Morgan fingerprint density at radius 2 is 1.54 bits per heavy atom. The largest absolute Gasteiger partial charge is 0.456 e. The number of carbonyl (C=O) groups excluding carboxylic acids is 2. The van der Waals surface area contributed by atoms with Crippen LogP contribution in [0.5, 0.6) is 0 Å². The van der Waals surface area contributed by atoms with Gasteiger partial charge in [-0.25, -0.2) is 0 Å². The number of rotatable bonds is 3. The van der Waals surface area contributed by atoms with Crippen LogP contribution in [0.25, 0.3) is 21.9 Å². The summed E-state index contributed by atoms with van der Waals surface area (Å²) < 4.78 is 5.80. The van der Waals surface area contributed by atoms with Gasteiger partial charge in [-0.1, -0.05) is 24.3 Å². The summed E-state index contributed by atoms with van der Waals surface area (Å²) in [7, 11) is 0. The minimum atomic E-state index is -0.246. The van der Waals surface area contributed by atoms with Gasteiger partial charge in [0, 0.05) is 34.6 Å². The summed E-state index contributed by atoms with van der Waals surface area (Å²) in [5.41, 5.74) is 3.32. The first-order valence-electron chi connectivity index (χ1n) is 8.20. The predicted molar refractivity (Wildman–Crippen MR) is 102 cm³/mol. The average molecular weight is 344 g/mol. The fourth-order valence-electron chi connectivity index (χ4n) is 2.95. The maximum atomic E-state index is 12.5. The van der Waals surface area contributed by atoms with Gasteiger partial charge >= 0.3 is 0 Å². The highest BCUT2D eigenvalue weighted by molar-refractivity contribution is 6.09. The lowest BCUT2D eigenvalue weighted by atomic mass is 10.1. The molecule has 5 nitrogen and oxygen atoms in total. The average Bonchev–Trinajstić information content (AvgIpc) is 2.99. The monoisotopic (exact) mass is 344 g/mol. The first-order chi connectivity index (χ1) is 12.6. The van der Waals surface area contributed by atoms with E-state index >= 15 is 0 Å². The van der Waals surface area contributed by atoms with Gasteiger partial charge in [0.1, 0.15) is 11.2 Å². The zero-order valence-electron chi connectivity index (χ0n) is 14.1. The number of hydrogen-bond donors (Lipinski definition) is 2. The lowest BCUT2D eigenvalue weighted by molar-refractivity contribution is -0.114. The first kappa shape index (κ1) is 15.9. The third-order valence-electron chi connectivity index (χ3n) is 4.08. The van der Waals surface area contributed by atoms with E-state index in [1.54, 1.807) is 30.3 Å². The second kappa shape index (κ2) is 6.37. The topological polar surface area (TPSA) is 71.3 Å². The molecule has 0 atom stereocenters. The molecule has 0 fully saturated rings. The molecule has 0 bridgehead atoms. The van der Waals surface area contributed by atoms with Crippen LogP contribution in [0.2, 0.25) is 0 Å². The first-order valence-corrected chi connectivity index (χ1v) is 8.20. The molecule has 0 radical (unpaired) electrons. The van der Waals surface area contributed by atoms with E-state index in [0.717, 1.165) is 21.9 Å². The number of anilines is 2. The van der Waals surface area contributed by atoms with Gasteiger partial charge in [0.05, 0.1) is 0 Å². The number of amides is 2. The Labute approximate surface area is 149 Å². The van der Waals surface area contributed by atoms with Gasteiger partial charge in [-0.2, -0.15) is 0 Å². The lowest BCUT2D eigenvalue weighted by Crippen LogP contribution is -2.13. The van der Waals surface area contributed by atoms with Crippen LogP contribution < -0.4 is 10.6 Å². The van der Waals surface area contributed by atoms with Gasteiger partial charge in [-0.05, 0) is 42.5 Å². The van der Waals surface area contributed by atoms with E-state index in [-0.39, 0.29) is 11.8 Å². The summed E-state index contributed by atoms with van der Waals surface area (Å²) in [6.45, 7) is 1.43. The number of hydrogen-bond acceptors (Lipinski definition) is 3. The standard InChI is InChI=1S/C21H16N2O3/c1-13(24)22-15-6-4-5-14(11-15)21(25)23-16-9-10-20-18(12-16)17-7-2-3-8-19(17)26-20/h2-12H,1H3,(H,22,24)(H,23,25). The number of fused-ring (bicyclic) bond motifs is 3. The van der Waals surface area contributed by atoms with Gasteiger partial charge < -0.3 is 15.1 Å². The lowest BCUT2D eigenvalue weighted by Gasteiger charge is -2.07. The van der Waals surface area contributed by atoms with Crippen molar-refractivity contribution in [3.8, 4) is 0 Å². The van der Waals surface area contributed by atoms with E-state index in [4.69, 9.17) is 4.42 Å². The van der Waals surface area contributed by atoms with Crippen molar-refractivity contribution in [1.29, 1.82) is 0 Å². The normalized spacial score (nSPS) is 10.8. The highest BCUT2D eigenvalue weighted by atomic mass is 16.3. The summed E-state index contributed by atoms with van der Waals surface area (Å²) in [5.74, 6) is -0.427. The van der Waals surface area contributed by atoms with Crippen LogP contribution in [-0.4, -0.2) is 11.8 Å². The molecule has 4 rings (SSSR count). The number of para-hydroxylation sites is 1. The number of furan rings is 1. The molecule has 0 aliphatic rings. The van der Waals surface area contributed by atoms with Crippen LogP contribution >= 0.6 is 0 Å². The third kappa shape index (κ3) is 3.02. The Kier molecular flexibility index (Phi) is 3.89. The van der Waals surface area contributed by atoms with Gasteiger partial charge in [-0.3, -0.25) is 9.59 Å². The van der Waals surface area contributed by atoms with E-state index in [1.165, 1.54) is 6.92 Å². The van der Waals surface area contributed by atoms with Crippen LogP contribution in [0.3, 0.4) is 0 Å². The number of benzene rings is 3. The predicted octanol–water partition coefficient (Wildman–Crippen LogP) is 4.80. The van der Waals surface area contributed by atoms with Crippen LogP contribution in [0.15, 0.2) is 71.1 Å². The summed E-state index contributed by atoms with van der Waals surface area (Å²) in [4.78, 5) is 23.7. The molecule has 0 saturated carbocycles. The zero-order chi connectivity index (χ0) is 18.1. The van der Waals surface area contributed by atoms with Crippen molar-refractivity contribution in [2.24, 2.45) is 0 Å². The fourth-order valence-corrected chi connectivity index (χ4v) is 2.95. The SMILES string of the molecule is CC(=O)Nc1cccc(C(=O)Nc2ccc3oc4ccccc4c3c2)c1. The van der Waals surface area contributed by atoms with Crippen molar-refractivity contribution < 1.29 is 14.0 Å². The molecule has 2 N–H and O–H groups in total. The van der Waals surface area contributed by atoms with E-state index in [0.29, 0.717) is 16.9 Å². The van der Waals surface area contributed by atoms with Crippen molar-refractivity contribution in [3.63, 3.8) is 0 Å². The minimum absolute atomic E-state index is 0.181. The zero-order valence-corrected chi connectivity index (χ0v) is 14.1. The fraction of sp³-hybridized carbons (Fsp3) is 0.0476. The highest BCUT2D eigenvalue weighted by Gasteiger charge is 2.10. The molecule has 3 aromatic carbocycles. The number of nitrogens with one attached hydrogen (secondary N) is 2. The molecular weight excluding hydrogens is 328 g/mol. The highest BCUT2D eigenvalue weighted by Crippen LogP contribution is 2.30. The Morgan fingerprint density at radius 1 is 0.769 bits per heavy atom. The summed E-state index contributed by atoms with van der Waals surface area (Å²) in [6, 6.07) is 20.1. The number of carbonyl (C=O) groups is 2. The minimum Gasteiger partial charge on any atom is -0.456 e. The Bertz CT molecular complexity index is 1140. The van der Waals surface area contributed by atoms with Crippen molar-refractivity contribution in [2.45, 2.75) is 6.92 Å². The summed E-state index contributed by atoms with van der Waals surface area (Å²) in [6.07, 6.45) is 0. The van der Waals surface area contributed by atoms with Crippen molar-refractivity contribution in [2.75, 3.05) is 10.6 Å². The molecule has 1 heterocycles. The summed E-state index contributed by atoms with van der Waals surface area (Å²) in [5, 5.41) is 7.52. The molecule has 0 unspecified atom stereocenters. The molecular formula is C21H16N2O3. The van der Waals surface area contributed by atoms with Crippen LogP contribution in [0.4, 0.5) is 11.4 Å². The van der Waals surface area contributed by atoms with Gasteiger partial charge in [-0.15, -0.1) is 0 Å². The summed E-state index contributed by atoms with van der Waals surface area (Å²) >= 11 is 0. The molecule has 2 amide bonds. The van der Waals surface area contributed by atoms with E-state index in [2.05, 4.69) is 10.6 Å². The van der Waals surface area contributed by atoms with Crippen molar-refractivity contribution in [1.82, 2.24) is 0 Å². The van der Waals surface area contributed by atoms with Gasteiger partial charge in [0.25, 0.3) is 5.91 Å². The molecule has 0 aliphatic heterocycles. The Morgan fingerprint density at radius 3 is 2.38 bits per heavy atom. The molecule has 5 heteroatoms. The van der Waals surface area contributed by atoms with Crippen molar-refractivity contribution in [3.05, 3.63) is 72.3 Å². The van der Waals surface area contributed by atoms with E-state index in [9.17, 15) is 9.59 Å². The molecule has 0 spiro atoms.